The Labute approximate surface area is 117 Å². The van der Waals surface area contributed by atoms with Crippen molar-refractivity contribution in [3.05, 3.63) is 16.0 Å². The predicted molar refractivity (Wildman–Crippen MR) is 77.6 cm³/mol. The summed E-state index contributed by atoms with van der Waals surface area (Å²) >= 11 is 1.52. The van der Waals surface area contributed by atoms with Gasteiger partial charge in [0.05, 0.1) is 5.56 Å². The summed E-state index contributed by atoms with van der Waals surface area (Å²) in [5.74, 6) is -0.499. The molecule has 1 heterocycles. The topological polar surface area (TPSA) is 72.2 Å². The van der Waals surface area contributed by atoms with Gasteiger partial charge in [-0.3, -0.25) is 9.59 Å². The van der Waals surface area contributed by atoms with E-state index in [0.29, 0.717) is 17.0 Å². The lowest BCUT2D eigenvalue weighted by Crippen LogP contribution is -2.17. The molecule has 0 bridgehead atoms. The van der Waals surface area contributed by atoms with Crippen LogP contribution in [0, 0.1) is 0 Å². The van der Waals surface area contributed by atoms with E-state index in [-0.39, 0.29) is 5.91 Å². The molecule has 0 saturated carbocycles. The van der Waals surface area contributed by atoms with Gasteiger partial charge in [0.15, 0.2) is 0 Å². The van der Waals surface area contributed by atoms with E-state index in [2.05, 4.69) is 5.32 Å². The van der Waals surface area contributed by atoms with Gasteiger partial charge >= 0.3 is 0 Å². The highest BCUT2D eigenvalue weighted by Gasteiger charge is 2.23. The number of aryl methyl sites for hydroxylation is 1. The van der Waals surface area contributed by atoms with Crippen LogP contribution in [0.4, 0.5) is 5.00 Å². The summed E-state index contributed by atoms with van der Waals surface area (Å²) in [4.78, 5) is 24.5. The Bertz CT molecular complexity index is 494. The van der Waals surface area contributed by atoms with E-state index >= 15 is 0 Å². The van der Waals surface area contributed by atoms with Crippen LogP contribution >= 0.6 is 11.3 Å². The molecule has 0 aliphatic heterocycles. The minimum atomic E-state index is -0.426. The number of thiophene rings is 1. The molecule has 0 atom stereocenters. The van der Waals surface area contributed by atoms with E-state index in [1.54, 1.807) is 6.92 Å². The number of primary amides is 1. The van der Waals surface area contributed by atoms with E-state index in [1.807, 2.05) is 0 Å². The average Bonchev–Trinajstić information content (AvgIpc) is 2.66. The number of hydrogen-bond donors (Lipinski definition) is 2. The van der Waals surface area contributed by atoms with Gasteiger partial charge in [-0.2, -0.15) is 0 Å². The summed E-state index contributed by atoms with van der Waals surface area (Å²) in [5.41, 5.74) is 7.12. The normalized spacial score (nSPS) is 15.2. The number of anilines is 1. The third-order valence-electron chi connectivity index (χ3n) is 3.49. The van der Waals surface area contributed by atoms with Gasteiger partial charge in [0, 0.05) is 11.3 Å². The number of nitrogens with two attached hydrogens (primary N) is 1. The molecular weight excluding hydrogens is 260 g/mol. The largest absolute Gasteiger partial charge is 0.365 e. The molecule has 3 N–H and O–H groups in total. The molecule has 0 spiro atoms. The van der Waals surface area contributed by atoms with Crippen LogP contribution < -0.4 is 11.1 Å². The number of carbonyl (C=O) groups is 2. The third kappa shape index (κ3) is 3.15. The fourth-order valence-corrected chi connectivity index (χ4v) is 3.79. The molecule has 1 aromatic heterocycles. The zero-order valence-corrected chi connectivity index (χ0v) is 12.1. The van der Waals surface area contributed by atoms with Crippen LogP contribution in [0.1, 0.15) is 59.8 Å². The van der Waals surface area contributed by atoms with E-state index in [0.717, 1.165) is 31.2 Å². The lowest BCUT2D eigenvalue weighted by Gasteiger charge is -2.10. The van der Waals surface area contributed by atoms with Crippen molar-refractivity contribution in [2.75, 3.05) is 5.32 Å². The Hall–Kier alpha value is -1.36. The number of amides is 2. The van der Waals surface area contributed by atoms with Crippen molar-refractivity contribution < 1.29 is 9.59 Å². The zero-order chi connectivity index (χ0) is 13.8. The standard InChI is InChI=1S/C14H20N2O2S/c1-2-11(17)16-14-12(13(15)18)9-7-5-3-4-6-8-10(9)19-14/h2-8H2,1H3,(H2,15,18)(H,16,17). The number of fused-ring (bicyclic) bond motifs is 1. The number of hydrogen-bond acceptors (Lipinski definition) is 3. The molecule has 2 amide bonds. The molecule has 0 fully saturated rings. The second-order valence-electron chi connectivity index (χ2n) is 4.89. The van der Waals surface area contributed by atoms with Crippen LogP contribution in [-0.2, 0) is 17.6 Å². The molecule has 1 aliphatic carbocycles. The summed E-state index contributed by atoms with van der Waals surface area (Å²) in [7, 11) is 0. The van der Waals surface area contributed by atoms with Crippen molar-refractivity contribution in [1.82, 2.24) is 0 Å². The van der Waals surface area contributed by atoms with E-state index in [1.165, 1.54) is 29.1 Å². The van der Waals surface area contributed by atoms with Gasteiger partial charge in [0.1, 0.15) is 5.00 Å². The molecule has 0 radical (unpaired) electrons. The molecular formula is C14H20N2O2S. The van der Waals surface area contributed by atoms with Crippen molar-refractivity contribution >= 4 is 28.2 Å². The van der Waals surface area contributed by atoms with Crippen LogP contribution in [-0.4, -0.2) is 11.8 Å². The SMILES string of the molecule is CCC(=O)Nc1sc2c(c1C(N)=O)CCCCCC2. The molecule has 0 unspecified atom stereocenters. The summed E-state index contributed by atoms with van der Waals surface area (Å²) in [5, 5.41) is 3.46. The highest BCUT2D eigenvalue weighted by Crippen LogP contribution is 2.36. The number of nitrogens with one attached hydrogen (secondary N) is 1. The van der Waals surface area contributed by atoms with Gasteiger partial charge in [0.2, 0.25) is 5.91 Å². The molecule has 0 saturated heterocycles. The Morgan fingerprint density at radius 2 is 1.89 bits per heavy atom. The summed E-state index contributed by atoms with van der Waals surface area (Å²) in [6, 6.07) is 0. The first-order chi connectivity index (χ1) is 9.13. The minimum absolute atomic E-state index is 0.0725. The maximum atomic E-state index is 11.7. The van der Waals surface area contributed by atoms with Crippen LogP contribution in [0.25, 0.3) is 0 Å². The lowest BCUT2D eigenvalue weighted by atomic mass is 9.96. The first kappa shape index (κ1) is 14.1. The number of carbonyl (C=O) groups excluding carboxylic acids is 2. The van der Waals surface area contributed by atoms with Crippen molar-refractivity contribution in [1.29, 1.82) is 0 Å². The van der Waals surface area contributed by atoms with Gasteiger partial charge < -0.3 is 11.1 Å². The van der Waals surface area contributed by atoms with Gasteiger partial charge in [0.25, 0.3) is 5.91 Å². The van der Waals surface area contributed by atoms with Crippen molar-refractivity contribution in [2.45, 2.75) is 51.9 Å². The van der Waals surface area contributed by atoms with Gasteiger partial charge in [-0.1, -0.05) is 19.8 Å². The zero-order valence-electron chi connectivity index (χ0n) is 11.3. The lowest BCUT2D eigenvalue weighted by molar-refractivity contribution is -0.115. The molecule has 1 aromatic rings. The van der Waals surface area contributed by atoms with Crippen LogP contribution in [0.5, 0.6) is 0 Å². The highest BCUT2D eigenvalue weighted by atomic mass is 32.1. The summed E-state index contributed by atoms with van der Waals surface area (Å²) in [6.07, 6.45) is 6.96. The fourth-order valence-electron chi connectivity index (χ4n) is 2.48. The molecule has 1 aliphatic rings. The van der Waals surface area contributed by atoms with Crippen LogP contribution in [0.3, 0.4) is 0 Å². The Balaban J connectivity index is 2.39. The monoisotopic (exact) mass is 280 g/mol. The van der Waals surface area contributed by atoms with Crippen molar-refractivity contribution in [3.8, 4) is 0 Å². The maximum Gasteiger partial charge on any atom is 0.251 e. The fraction of sp³-hybridized carbons (Fsp3) is 0.571. The molecule has 104 valence electrons. The number of rotatable bonds is 3. The van der Waals surface area contributed by atoms with Gasteiger partial charge in [-0.25, -0.2) is 0 Å². The first-order valence-corrected chi connectivity index (χ1v) is 7.69. The highest BCUT2D eigenvalue weighted by molar-refractivity contribution is 7.17. The minimum Gasteiger partial charge on any atom is -0.365 e. The van der Waals surface area contributed by atoms with Crippen molar-refractivity contribution in [3.63, 3.8) is 0 Å². The average molecular weight is 280 g/mol. The second kappa shape index (κ2) is 6.19. The predicted octanol–water partition coefficient (Wildman–Crippen LogP) is 2.85. The maximum absolute atomic E-state index is 11.7. The smallest absolute Gasteiger partial charge is 0.251 e. The van der Waals surface area contributed by atoms with E-state index in [9.17, 15) is 9.59 Å². The van der Waals surface area contributed by atoms with Gasteiger partial charge in [-0.15, -0.1) is 11.3 Å². The first-order valence-electron chi connectivity index (χ1n) is 6.87. The molecule has 2 rings (SSSR count). The Kier molecular flexibility index (Phi) is 4.58. The molecule has 0 aromatic carbocycles. The Morgan fingerprint density at radius 1 is 1.21 bits per heavy atom. The van der Waals surface area contributed by atoms with Crippen molar-refractivity contribution in [2.24, 2.45) is 5.73 Å². The van der Waals surface area contributed by atoms with Gasteiger partial charge in [-0.05, 0) is 31.2 Å². The Morgan fingerprint density at radius 3 is 2.53 bits per heavy atom. The summed E-state index contributed by atoms with van der Waals surface area (Å²) < 4.78 is 0. The summed E-state index contributed by atoms with van der Waals surface area (Å²) in [6.45, 7) is 1.79. The van der Waals surface area contributed by atoms with E-state index < -0.39 is 5.91 Å². The second-order valence-corrected chi connectivity index (χ2v) is 5.99. The van der Waals surface area contributed by atoms with Crippen LogP contribution in [0.2, 0.25) is 0 Å². The quantitative estimate of drug-likeness (QED) is 0.893. The van der Waals surface area contributed by atoms with E-state index in [4.69, 9.17) is 5.73 Å². The third-order valence-corrected chi connectivity index (χ3v) is 4.70. The molecule has 5 heteroatoms. The van der Waals surface area contributed by atoms with Crippen LogP contribution in [0.15, 0.2) is 0 Å². The molecule has 19 heavy (non-hydrogen) atoms. The molecule has 4 nitrogen and oxygen atoms in total.